The quantitative estimate of drug-likeness (QED) is 0.812. The molecule has 1 aliphatic heterocycles. The number of rotatable bonds is 7. The van der Waals surface area contributed by atoms with E-state index < -0.39 is 0 Å². The third kappa shape index (κ3) is 5.11. The van der Waals surface area contributed by atoms with Gasteiger partial charge in [-0.05, 0) is 24.9 Å². The van der Waals surface area contributed by atoms with Gasteiger partial charge in [0.05, 0.1) is 0 Å². The first-order valence-electron chi connectivity index (χ1n) is 8.39. The van der Waals surface area contributed by atoms with Gasteiger partial charge in [0.25, 0.3) is 0 Å². The van der Waals surface area contributed by atoms with Crippen molar-refractivity contribution in [3.05, 3.63) is 35.9 Å². The molecule has 0 saturated carbocycles. The summed E-state index contributed by atoms with van der Waals surface area (Å²) in [5, 5.41) is 12.7. The van der Waals surface area contributed by atoms with Crippen molar-refractivity contribution in [2.24, 2.45) is 5.92 Å². The first-order valence-corrected chi connectivity index (χ1v) is 8.39. The van der Waals surface area contributed by atoms with Crippen molar-refractivity contribution in [1.82, 2.24) is 10.2 Å². The van der Waals surface area contributed by atoms with E-state index in [2.05, 4.69) is 41.4 Å². The van der Waals surface area contributed by atoms with Gasteiger partial charge in [0.1, 0.15) is 0 Å². The molecule has 4 nitrogen and oxygen atoms in total. The number of carbonyl (C=O) groups excluding carboxylic acids is 1. The maximum Gasteiger partial charge on any atom is 0.220 e. The van der Waals surface area contributed by atoms with Gasteiger partial charge < -0.3 is 10.4 Å². The van der Waals surface area contributed by atoms with Crippen molar-refractivity contribution in [1.29, 1.82) is 0 Å². The molecule has 122 valence electrons. The summed E-state index contributed by atoms with van der Waals surface area (Å²) in [4.78, 5) is 14.4. The standard InChI is InChI=1S/C18H28N2O2/c1-2-3-9-18(22)19-17-13-20(11-10-16(17)14-21)12-15-7-5-4-6-8-15/h4-8,16-17,21H,2-3,9-14H2,1H3,(H,19,22). The van der Waals surface area contributed by atoms with E-state index in [9.17, 15) is 9.90 Å². The Labute approximate surface area is 133 Å². The average molecular weight is 304 g/mol. The molecule has 0 bridgehead atoms. The van der Waals surface area contributed by atoms with E-state index in [0.29, 0.717) is 6.42 Å². The fourth-order valence-electron chi connectivity index (χ4n) is 3.05. The summed E-state index contributed by atoms with van der Waals surface area (Å²) in [6, 6.07) is 10.5. The van der Waals surface area contributed by atoms with Crippen LogP contribution in [-0.4, -0.2) is 41.7 Å². The lowest BCUT2D eigenvalue weighted by molar-refractivity contribution is -0.123. The highest BCUT2D eigenvalue weighted by molar-refractivity contribution is 5.76. The first kappa shape index (κ1) is 17.0. The lowest BCUT2D eigenvalue weighted by Crippen LogP contribution is -2.53. The number of piperidine rings is 1. The zero-order valence-corrected chi connectivity index (χ0v) is 13.5. The van der Waals surface area contributed by atoms with Crippen LogP contribution in [0.5, 0.6) is 0 Å². The second-order valence-electron chi connectivity index (χ2n) is 6.23. The summed E-state index contributed by atoms with van der Waals surface area (Å²) in [5.74, 6) is 0.296. The molecule has 1 amide bonds. The highest BCUT2D eigenvalue weighted by Crippen LogP contribution is 2.19. The van der Waals surface area contributed by atoms with Gasteiger partial charge in [-0.2, -0.15) is 0 Å². The Morgan fingerprint density at radius 1 is 1.36 bits per heavy atom. The Morgan fingerprint density at radius 3 is 2.82 bits per heavy atom. The predicted molar refractivity (Wildman–Crippen MR) is 88.4 cm³/mol. The molecule has 4 heteroatoms. The van der Waals surface area contributed by atoms with E-state index in [0.717, 1.165) is 38.9 Å². The Hall–Kier alpha value is -1.39. The van der Waals surface area contributed by atoms with Gasteiger partial charge in [-0.15, -0.1) is 0 Å². The van der Waals surface area contributed by atoms with Crippen LogP contribution in [0.1, 0.15) is 38.2 Å². The van der Waals surface area contributed by atoms with Crippen LogP contribution < -0.4 is 5.32 Å². The summed E-state index contributed by atoms with van der Waals surface area (Å²) in [7, 11) is 0. The molecule has 0 radical (unpaired) electrons. The van der Waals surface area contributed by atoms with E-state index in [1.54, 1.807) is 0 Å². The Kier molecular flexibility index (Phi) is 6.87. The second kappa shape index (κ2) is 8.91. The third-order valence-corrected chi connectivity index (χ3v) is 4.43. The molecule has 2 unspecified atom stereocenters. The van der Waals surface area contributed by atoms with Gasteiger partial charge in [0.2, 0.25) is 5.91 Å². The largest absolute Gasteiger partial charge is 0.396 e. The number of unbranched alkanes of at least 4 members (excludes halogenated alkanes) is 1. The van der Waals surface area contributed by atoms with Crippen LogP contribution in [0, 0.1) is 5.92 Å². The minimum Gasteiger partial charge on any atom is -0.396 e. The lowest BCUT2D eigenvalue weighted by atomic mass is 9.91. The van der Waals surface area contributed by atoms with Crippen LogP contribution in [0.25, 0.3) is 0 Å². The van der Waals surface area contributed by atoms with Crippen LogP contribution in [0.2, 0.25) is 0 Å². The van der Waals surface area contributed by atoms with Gasteiger partial charge in [-0.3, -0.25) is 9.69 Å². The number of likely N-dealkylation sites (tertiary alicyclic amines) is 1. The van der Waals surface area contributed by atoms with Crippen molar-refractivity contribution in [2.45, 2.75) is 45.2 Å². The molecular formula is C18H28N2O2. The zero-order valence-electron chi connectivity index (χ0n) is 13.5. The van der Waals surface area contributed by atoms with Crippen molar-refractivity contribution < 1.29 is 9.90 Å². The number of hydrogen-bond acceptors (Lipinski definition) is 3. The number of nitrogens with one attached hydrogen (secondary N) is 1. The van der Waals surface area contributed by atoms with Crippen LogP contribution >= 0.6 is 0 Å². The maximum atomic E-state index is 12.0. The molecule has 0 aliphatic carbocycles. The Bertz CT molecular complexity index is 450. The van der Waals surface area contributed by atoms with Crippen molar-refractivity contribution in [2.75, 3.05) is 19.7 Å². The summed E-state index contributed by atoms with van der Waals surface area (Å²) < 4.78 is 0. The fraction of sp³-hybridized carbons (Fsp3) is 0.611. The van der Waals surface area contributed by atoms with Crippen LogP contribution in [0.15, 0.2) is 30.3 Å². The van der Waals surface area contributed by atoms with E-state index in [1.165, 1.54) is 5.56 Å². The summed E-state index contributed by atoms with van der Waals surface area (Å²) in [6.45, 7) is 4.93. The van der Waals surface area contributed by atoms with Gasteiger partial charge in [-0.25, -0.2) is 0 Å². The zero-order chi connectivity index (χ0) is 15.8. The molecule has 0 spiro atoms. The molecule has 22 heavy (non-hydrogen) atoms. The van der Waals surface area contributed by atoms with Crippen LogP contribution in [0.3, 0.4) is 0 Å². The highest BCUT2D eigenvalue weighted by Gasteiger charge is 2.29. The molecule has 2 rings (SSSR count). The Balaban J connectivity index is 1.90. The normalized spacial score (nSPS) is 22.5. The fourth-order valence-corrected chi connectivity index (χ4v) is 3.05. The molecule has 1 fully saturated rings. The van der Waals surface area contributed by atoms with E-state index in [1.807, 2.05) is 6.07 Å². The number of aliphatic hydroxyl groups excluding tert-OH is 1. The molecule has 1 aromatic rings. The minimum absolute atomic E-state index is 0.0619. The van der Waals surface area contributed by atoms with Gasteiger partial charge >= 0.3 is 0 Å². The number of aliphatic hydroxyl groups is 1. The third-order valence-electron chi connectivity index (χ3n) is 4.43. The molecule has 0 aromatic heterocycles. The topological polar surface area (TPSA) is 52.6 Å². The SMILES string of the molecule is CCCCC(=O)NC1CN(Cc2ccccc2)CCC1CO. The van der Waals surface area contributed by atoms with Gasteiger partial charge in [-0.1, -0.05) is 43.7 Å². The molecular weight excluding hydrogens is 276 g/mol. The van der Waals surface area contributed by atoms with E-state index in [4.69, 9.17) is 0 Å². The number of amides is 1. The average Bonchev–Trinajstić information content (AvgIpc) is 2.54. The lowest BCUT2D eigenvalue weighted by Gasteiger charge is -2.38. The highest BCUT2D eigenvalue weighted by atomic mass is 16.3. The monoisotopic (exact) mass is 304 g/mol. The molecule has 2 N–H and O–H groups in total. The number of benzene rings is 1. The van der Waals surface area contributed by atoms with Crippen molar-refractivity contribution in [3.8, 4) is 0 Å². The summed E-state index contributed by atoms with van der Waals surface area (Å²) >= 11 is 0. The maximum absolute atomic E-state index is 12.0. The molecule has 1 aliphatic rings. The molecule has 1 heterocycles. The predicted octanol–water partition coefficient (Wildman–Crippen LogP) is 2.18. The Morgan fingerprint density at radius 2 is 2.14 bits per heavy atom. The van der Waals surface area contributed by atoms with Gasteiger partial charge in [0, 0.05) is 38.1 Å². The van der Waals surface area contributed by atoms with Crippen molar-refractivity contribution in [3.63, 3.8) is 0 Å². The molecule has 1 saturated heterocycles. The first-order chi connectivity index (χ1) is 10.7. The number of carbonyl (C=O) groups is 1. The van der Waals surface area contributed by atoms with E-state index >= 15 is 0 Å². The van der Waals surface area contributed by atoms with Crippen LogP contribution in [0.4, 0.5) is 0 Å². The van der Waals surface area contributed by atoms with Crippen molar-refractivity contribution >= 4 is 5.91 Å². The second-order valence-corrected chi connectivity index (χ2v) is 6.23. The minimum atomic E-state index is 0.0619. The summed E-state index contributed by atoms with van der Waals surface area (Å²) in [5.41, 5.74) is 1.29. The molecule has 1 aromatic carbocycles. The van der Waals surface area contributed by atoms with Gasteiger partial charge in [0.15, 0.2) is 0 Å². The number of nitrogens with zero attached hydrogens (tertiary/aromatic N) is 1. The smallest absolute Gasteiger partial charge is 0.220 e. The van der Waals surface area contributed by atoms with Crippen LogP contribution in [-0.2, 0) is 11.3 Å². The molecule has 2 atom stereocenters. The summed E-state index contributed by atoms with van der Waals surface area (Å²) in [6.07, 6.45) is 3.48. The number of hydrogen-bond donors (Lipinski definition) is 2. The van der Waals surface area contributed by atoms with E-state index in [-0.39, 0.29) is 24.5 Å².